The summed E-state index contributed by atoms with van der Waals surface area (Å²) < 4.78 is 0. The second-order valence-corrected chi connectivity index (χ2v) is 3.76. The number of fused-ring (bicyclic) bond motifs is 1. The maximum Gasteiger partial charge on any atom is 0.0972 e. The molecule has 0 heterocycles. The lowest BCUT2D eigenvalue weighted by molar-refractivity contribution is 0.228. The molecule has 1 aromatic rings. The van der Waals surface area contributed by atoms with Crippen molar-refractivity contribution in [3.05, 3.63) is 53.1 Å². The second kappa shape index (κ2) is 3.43. The van der Waals surface area contributed by atoms with Crippen LogP contribution in [0.4, 0.5) is 0 Å². The molecule has 1 unspecified atom stereocenters. The Morgan fingerprint density at radius 2 is 2.29 bits per heavy atom. The largest absolute Gasteiger partial charge is 0.384 e. The fourth-order valence-electron chi connectivity index (χ4n) is 1.96. The average Bonchev–Trinajstić information content (AvgIpc) is 2.56. The van der Waals surface area contributed by atoms with Crippen LogP contribution in [0.2, 0.25) is 0 Å². The molecule has 2 rings (SSSR count). The van der Waals surface area contributed by atoms with Crippen LogP contribution in [0.25, 0.3) is 6.08 Å². The summed E-state index contributed by atoms with van der Waals surface area (Å²) in [6.07, 6.45) is 4.16. The molecule has 0 radical (unpaired) electrons. The summed E-state index contributed by atoms with van der Waals surface area (Å²) in [4.78, 5) is 0. The van der Waals surface area contributed by atoms with Crippen molar-refractivity contribution in [1.29, 1.82) is 0 Å². The minimum atomic E-state index is -0.538. The molecule has 72 valence electrons. The molecule has 0 fully saturated rings. The maximum absolute atomic E-state index is 9.74. The molecule has 1 aliphatic rings. The van der Waals surface area contributed by atoms with Gasteiger partial charge in [-0.2, -0.15) is 0 Å². The molecular weight excluding hydrogens is 172 g/mol. The quantitative estimate of drug-likeness (QED) is 0.704. The number of hydrogen-bond donors (Lipinski definition) is 1. The first kappa shape index (κ1) is 9.22. The predicted molar refractivity (Wildman–Crippen MR) is 59.0 cm³/mol. The van der Waals surface area contributed by atoms with Gasteiger partial charge in [-0.15, -0.1) is 6.58 Å². The van der Waals surface area contributed by atoms with Crippen LogP contribution in [-0.2, 0) is 6.42 Å². The van der Waals surface area contributed by atoms with Crippen LogP contribution < -0.4 is 0 Å². The van der Waals surface area contributed by atoms with Crippen molar-refractivity contribution < 1.29 is 5.11 Å². The summed E-state index contributed by atoms with van der Waals surface area (Å²) >= 11 is 0. The third kappa shape index (κ3) is 1.40. The first-order valence-electron chi connectivity index (χ1n) is 4.82. The van der Waals surface area contributed by atoms with Gasteiger partial charge in [-0.1, -0.05) is 35.9 Å². The van der Waals surface area contributed by atoms with Gasteiger partial charge in [-0.25, -0.2) is 0 Å². The number of aliphatic hydroxyl groups excluding tert-OH is 1. The van der Waals surface area contributed by atoms with Gasteiger partial charge in [0.2, 0.25) is 0 Å². The molecule has 0 saturated carbocycles. The van der Waals surface area contributed by atoms with E-state index in [2.05, 4.69) is 25.6 Å². The SMILES string of the molecule is C=CC(O)c1cccc2c1CC(C)=C2. The van der Waals surface area contributed by atoms with E-state index < -0.39 is 6.10 Å². The molecule has 14 heavy (non-hydrogen) atoms. The summed E-state index contributed by atoms with van der Waals surface area (Å²) in [6, 6.07) is 6.04. The molecule has 1 aromatic carbocycles. The summed E-state index contributed by atoms with van der Waals surface area (Å²) in [5, 5.41) is 9.74. The van der Waals surface area contributed by atoms with Crippen molar-refractivity contribution in [3.63, 3.8) is 0 Å². The van der Waals surface area contributed by atoms with Crippen molar-refractivity contribution in [2.24, 2.45) is 0 Å². The predicted octanol–water partition coefficient (Wildman–Crippen LogP) is 2.87. The third-order valence-corrected chi connectivity index (χ3v) is 2.65. The first-order valence-corrected chi connectivity index (χ1v) is 4.82. The molecular formula is C13H14O. The zero-order valence-electron chi connectivity index (χ0n) is 8.33. The van der Waals surface area contributed by atoms with Gasteiger partial charge < -0.3 is 5.11 Å². The molecule has 0 saturated heterocycles. The molecule has 0 spiro atoms. The van der Waals surface area contributed by atoms with E-state index in [1.165, 1.54) is 16.7 Å². The van der Waals surface area contributed by atoms with E-state index in [1.54, 1.807) is 6.08 Å². The van der Waals surface area contributed by atoms with Crippen molar-refractivity contribution in [2.45, 2.75) is 19.4 Å². The molecule has 1 atom stereocenters. The van der Waals surface area contributed by atoms with E-state index in [9.17, 15) is 5.11 Å². The zero-order chi connectivity index (χ0) is 10.1. The zero-order valence-corrected chi connectivity index (χ0v) is 8.33. The summed E-state index contributed by atoms with van der Waals surface area (Å²) in [5.41, 5.74) is 4.83. The number of benzene rings is 1. The van der Waals surface area contributed by atoms with Crippen LogP contribution in [0.3, 0.4) is 0 Å². The summed E-state index contributed by atoms with van der Waals surface area (Å²) in [7, 11) is 0. The molecule has 1 nitrogen and oxygen atoms in total. The summed E-state index contributed by atoms with van der Waals surface area (Å²) in [6.45, 7) is 5.73. The van der Waals surface area contributed by atoms with E-state index in [0.717, 1.165) is 12.0 Å². The van der Waals surface area contributed by atoms with Gasteiger partial charge in [-0.3, -0.25) is 0 Å². The topological polar surface area (TPSA) is 20.2 Å². The Kier molecular flexibility index (Phi) is 2.26. The van der Waals surface area contributed by atoms with E-state index >= 15 is 0 Å². The Morgan fingerprint density at radius 1 is 1.50 bits per heavy atom. The number of rotatable bonds is 2. The van der Waals surface area contributed by atoms with Crippen LogP contribution in [0, 0.1) is 0 Å². The molecule has 1 aliphatic carbocycles. The Hall–Kier alpha value is -1.34. The third-order valence-electron chi connectivity index (χ3n) is 2.65. The van der Waals surface area contributed by atoms with E-state index in [4.69, 9.17) is 0 Å². The normalized spacial score (nSPS) is 16.0. The standard InChI is InChI=1S/C13H14O/c1-3-13(14)11-6-4-5-10-7-9(2)8-12(10)11/h3-7,13-14H,1,8H2,2H3. The molecule has 1 N–H and O–H groups in total. The van der Waals surface area contributed by atoms with Crippen molar-refractivity contribution in [2.75, 3.05) is 0 Å². The highest BCUT2D eigenvalue weighted by atomic mass is 16.3. The summed E-state index contributed by atoms with van der Waals surface area (Å²) in [5.74, 6) is 0. The van der Waals surface area contributed by atoms with Crippen LogP contribution in [-0.4, -0.2) is 5.11 Å². The van der Waals surface area contributed by atoms with Gasteiger partial charge in [0.05, 0.1) is 6.10 Å². The monoisotopic (exact) mass is 186 g/mol. The lowest BCUT2D eigenvalue weighted by Crippen LogP contribution is -1.99. The Balaban J connectivity index is 2.48. The fourth-order valence-corrected chi connectivity index (χ4v) is 1.96. The van der Waals surface area contributed by atoms with Crippen LogP contribution in [0.1, 0.15) is 29.7 Å². The van der Waals surface area contributed by atoms with E-state index in [1.807, 2.05) is 12.1 Å². The van der Waals surface area contributed by atoms with Crippen molar-refractivity contribution in [3.8, 4) is 0 Å². The lowest BCUT2D eigenvalue weighted by atomic mass is 9.98. The lowest BCUT2D eigenvalue weighted by Gasteiger charge is -2.11. The molecule has 0 aliphatic heterocycles. The minimum absolute atomic E-state index is 0.538. The Morgan fingerprint density at radius 3 is 3.00 bits per heavy atom. The number of aliphatic hydroxyl groups is 1. The Labute approximate surface area is 84.4 Å². The van der Waals surface area contributed by atoms with E-state index in [-0.39, 0.29) is 0 Å². The van der Waals surface area contributed by atoms with Gasteiger partial charge >= 0.3 is 0 Å². The van der Waals surface area contributed by atoms with E-state index in [0.29, 0.717) is 0 Å². The average molecular weight is 186 g/mol. The van der Waals surface area contributed by atoms with Gasteiger partial charge in [0.1, 0.15) is 0 Å². The van der Waals surface area contributed by atoms with Crippen molar-refractivity contribution >= 4 is 6.08 Å². The highest BCUT2D eigenvalue weighted by molar-refractivity contribution is 5.65. The van der Waals surface area contributed by atoms with Crippen LogP contribution >= 0.6 is 0 Å². The first-order chi connectivity index (χ1) is 6.72. The van der Waals surface area contributed by atoms with Gasteiger partial charge in [0.15, 0.2) is 0 Å². The Bertz CT molecular complexity index is 402. The van der Waals surface area contributed by atoms with Crippen molar-refractivity contribution in [1.82, 2.24) is 0 Å². The molecule has 0 amide bonds. The molecule has 0 bridgehead atoms. The van der Waals surface area contributed by atoms with Gasteiger partial charge in [0.25, 0.3) is 0 Å². The second-order valence-electron chi connectivity index (χ2n) is 3.76. The van der Waals surface area contributed by atoms with Gasteiger partial charge in [-0.05, 0) is 30.0 Å². The van der Waals surface area contributed by atoms with Gasteiger partial charge in [0, 0.05) is 0 Å². The fraction of sp³-hybridized carbons (Fsp3) is 0.231. The minimum Gasteiger partial charge on any atom is -0.384 e. The highest BCUT2D eigenvalue weighted by Gasteiger charge is 2.16. The smallest absolute Gasteiger partial charge is 0.0972 e. The molecule has 1 heteroatoms. The highest BCUT2D eigenvalue weighted by Crippen LogP contribution is 2.30. The molecule has 0 aromatic heterocycles. The maximum atomic E-state index is 9.74. The number of hydrogen-bond acceptors (Lipinski definition) is 1. The van der Waals surface area contributed by atoms with Crippen LogP contribution in [0.5, 0.6) is 0 Å². The number of allylic oxidation sites excluding steroid dienone is 1. The van der Waals surface area contributed by atoms with Crippen LogP contribution in [0.15, 0.2) is 36.4 Å².